The van der Waals surface area contributed by atoms with Crippen molar-refractivity contribution < 1.29 is 59.8 Å². The van der Waals surface area contributed by atoms with Crippen LogP contribution >= 0.6 is 0 Å². The van der Waals surface area contributed by atoms with Gasteiger partial charge in [0.25, 0.3) is 0 Å². The smallest absolute Gasteiger partial charge is 0.187 e. The van der Waals surface area contributed by atoms with E-state index in [4.69, 9.17) is 18.9 Å². The Bertz CT molecular complexity index is 1320. The van der Waals surface area contributed by atoms with Crippen molar-refractivity contribution >= 4 is 0 Å². The molecule has 53 heavy (non-hydrogen) atoms. The van der Waals surface area contributed by atoms with Gasteiger partial charge in [-0.15, -0.1) is 0 Å². The van der Waals surface area contributed by atoms with Gasteiger partial charge in [-0.05, 0) is 124 Å². The summed E-state index contributed by atoms with van der Waals surface area (Å²) in [5, 5.41) is 87.0. The molecule has 0 radical (unpaired) electrons. The van der Waals surface area contributed by atoms with Gasteiger partial charge in [-0.3, -0.25) is 0 Å². The topological polar surface area (TPSA) is 199 Å². The van der Waals surface area contributed by atoms with Gasteiger partial charge in [-0.2, -0.15) is 0 Å². The predicted molar refractivity (Wildman–Crippen MR) is 195 cm³/mol. The summed E-state index contributed by atoms with van der Waals surface area (Å²) in [6.07, 6.45) is -4.18. The fraction of sp³-hybridized carbons (Fsp3) is 0.951. The molecule has 2 aliphatic heterocycles. The van der Waals surface area contributed by atoms with Gasteiger partial charge < -0.3 is 59.8 Å². The fourth-order valence-electron chi connectivity index (χ4n) is 12.9. The number of allylic oxidation sites excluding steroid dienone is 2. The van der Waals surface area contributed by atoms with Crippen molar-refractivity contribution in [2.24, 2.45) is 45.3 Å². The Morgan fingerprint density at radius 2 is 1.42 bits per heavy atom. The highest BCUT2D eigenvalue weighted by molar-refractivity contribution is 5.20. The van der Waals surface area contributed by atoms with Crippen LogP contribution in [0, 0.1) is 45.3 Å². The third-order valence-corrected chi connectivity index (χ3v) is 16.3. The molecular weight excluding hydrogens is 684 g/mol. The lowest BCUT2D eigenvalue weighted by Crippen LogP contribution is -2.67. The molecule has 4 saturated carbocycles. The third kappa shape index (κ3) is 6.90. The standard InChI is InChI=1S/C41H70O12/c1-21(2)10-9-14-41(8,53-36-34(49)32(47)31(46)25(52-36)20-51-35-33(48)30(45)24(43)19-50-35)22-11-16-40(7)29(22)23(42)18-27-38(5)15-13-28(44)37(3,4)26(38)12-17-39(27,40)6/h10,22-36,42-49H,9,11-20H2,1-8H3/t22-,23+,24-,25+,26-,27+,28-,29-,30-,31+,32-,33+,34+,35-,36-,38-,39+,40+,41-/m0/s1. The number of fused-ring (bicyclic) bond motifs is 5. The van der Waals surface area contributed by atoms with Gasteiger partial charge in [0.2, 0.25) is 0 Å². The zero-order chi connectivity index (χ0) is 39.1. The average Bonchev–Trinajstić information content (AvgIpc) is 3.47. The lowest BCUT2D eigenvalue weighted by molar-refractivity contribution is -0.345. The first-order valence-corrected chi connectivity index (χ1v) is 20.3. The van der Waals surface area contributed by atoms with Crippen molar-refractivity contribution in [2.75, 3.05) is 13.2 Å². The number of aliphatic hydroxyl groups excluding tert-OH is 8. The molecule has 0 unspecified atom stereocenters. The summed E-state index contributed by atoms with van der Waals surface area (Å²) in [6, 6.07) is 0. The molecule has 8 N–H and O–H groups in total. The quantitative estimate of drug-likeness (QED) is 0.161. The maximum atomic E-state index is 12.4. The number of hydrogen-bond acceptors (Lipinski definition) is 12. The molecule has 0 amide bonds. The van der Waals surface area contributed by atoms with E-state index in [1.165, 1.54) is 0 Å². The highest BCUT2D eigenvalue weighted by Crippen LogP contribution is 2.76. The van der Waals surface area contributed by atoms with Crippen LogP contribution in [0.3, 0.4) is 0 Å². The van der Waals surface area contributed by atoms with Crippen molar-refractivity contribution in [1.29, 1.82) is 0 Å². The van der Waals surface area contributed by atoms with Crippen LogP contribution in [0.5, 0.6) is 0 Å². The maximum absolute atomic E-state index is 12.4. The van der Waals surface area contributed by atoms with E-state index in [2.05, 4.69) is 40.7 Å². The summed E-state index contributed by atoms with van der Waals surface area (Å²) in [5.41, 5.74) is -0.185. The van der Waals surface area contributed by atoms with E-state index in [9.17, 15) is 40.9 Å². The minimum atomic E-state index is -1.63. The lowest BCUT2D eigenvalue weighted by atomic mass is 9.35. The van der Waals surface area contributed by atoms with Crippen LogP contribution in [-0.2, 0) is 18.9 Å². The average molecular weight is 755 g/mol. The first kappa shape index (κ1) is 41.9. The first-order valence-electron chi connectivity index (χ1n) is 20.3. The zero-order valence-corrected chi connectivity index (χ0v) is 33.2. The molecule has 0 aromatic rings. The molecule has 4 aliphatic carbocycles. The second kappa shape index (κ2) is 14.9. The molecule has 0 spiro atoms. The Morgan fingerprint density at radius 1 is 0.755 bits per heavy atom. The van der Waals surface area contributed by atoms with Crippen LogP contribution in [-0.4, -0.2) is 127 Å². The molecule has 0 bridgehead atoms. The van der Waals surface area contributed by atoms with Gasteiger partial charge in [0.05, 0.1) is 31.0 Å². The van der Waals surface area contributed by atoms with Gasteiger partial charge in [-0.1, -0.05) is 46.3 Å². The lowest BCUT2D eigenvalue weighted by Gasteiger charge is -2.70. The molecule has 0 aromatic carbocycles. The van der Waals surface area contributed by atoms with Crippen LogP contribution < -0.4 is 0 Å². The van der Waals surface area contributed by atoms with E-state index in [1.54, 1.807) is 0 Å². The summed E-state index contributed by atoms with van der Waals surface area (Å²) in [6.45, 7) is 17.2. The summed E-state index contributed by atoms with van der Waals surface area (Å²) < 4.78 is 24.1. The summed E-state index contributed by atoms with van der Waals surface area (Å²) in [7, 11) is 0. The number of aliphatic hydroxyl groups is 8. The number of rotatable bonds is 9. The summed E-state index contributed by atoms with van der Waals surface area (Å²) >= 11 is 0. The van der Waals surface area contributed by atoms with Crippen molar-refractivity contribution in [1.82, 2.24) is 0 Å². The Hall–Kier alpha value is -0.740. The second-order valence-corrected chi connectivity index (χ2v) is 19.7. The first-order chi connectivity index (χ1) is 24.6. The molecule has 19 atom stereocenters. The second-order valence-electron chi connectivity index (χ2n) is 19.7. The highest BCUT2D eigenvalue weighted by atomic mass is 16.7. The summed E-state index contributed by atoms with van der Waals surface area (Å²) in [5.74, 6) is 0.469. The maximum Gasteiger partial charge on any atom is 0.187 e. The monoisotopic (exact) mass is 754 g/mol. The van der Waals surface area contributed by atoms with Crippen LogP contribution in [0.1, 0.15) is 113 Å². The Morgan fingerprint density at radius 3 is 2.09 bits per heavy atom. The van der Waals surface area contributed by atoms with Crippen molar-refractivity contribution in [3.8, 4) is 0 Å². The van der Waals surface area contributed by atoms with Gasteiger partial charge in [0, 0.05) is 0 Å². The molecule has 12 heteroatoms. The van der Waals surface area contributed by atoms with E-state index < -0.39 is 67.0 Å². The molecule has 0 aromatic heterocycles. The largest absolute Gasteiger partial charge is 0.393 e. The van der Waals surface area contributed by atoms with E-state index >= 15 is 0 Å². The minimum Gasteiger partial charge on any atom is -0.393 e. The van der Waals surface area contributed by atoms with Gasteiger partial charge in [0.1, 0.15) is 42.7 Å². The summed E-state index contributed by atoms with van der Waals surface area (Å²) in [4.78, 5) is 0. The van der Waals surface area contributed by atoms with Crippen LogP contribution in [0.4, 0.5) is 0 Å². The molecule has 2 heterocycles. The predicted octanol–water partition coefficient (Wildman–Crippen LogP) is 2.79. The zero-order valence-electron chi connectivity index (χ0n) is 33.2. The molecule has 306 valence electrons. The van der Waals surface area contributed by atoms with E-state index in [0.717, 1.165) is 44.1 Å². The molecular formula is C41H70O12. The Kier molecular flexibility index (Phi) is 11.8. The van der Waals surface area contributed by atoms with E-state index in [0.29, 0.717) is 31.1 Å². The third-order valence-electron chi connectivity index (χ3n) is 16.3. The SMILES string of the molecule is CC(C)=CCC[C@](C)(O[C@@H]1O[C@H](CO[C@@H]2OC[C@H](O)[C@H](O)[C@H]2O)[C@@H](O)[C@H](O)[C@H]1O)[C@H]1CC[C@]2(C)[C@@H]1[C@H](O)C[C@@H]1[C@@]3(C)CC[C@H](O)C(C)(C)[C@@H]3CC[C@]12C. The Balaban J connectivity index is 1.26. The fourth-order valence-corrected chi connectivity index (χ4v) is 12.9. The van der Waals surface area contributed by atoms with Crippen LogP contribution in [0.25, 0.3) is 0 Å². The Labute approximate surface area is 315 Å². The van der Waals surface area contributed by atoms with Crippen LogP contribution in [0.15, 0.2) is 11.6 Å². The van der Waals surface area contributed by atoms with Crippen molar-refractivity contribution in [3.63, 3.8) is 0 Å². The normalized spacial score (nSPS) is 52.1. The van der Waals surface area contributed by atoms with Gasteiger partial charge >= 0.3 is 0 Å². The molecule has 6 fully saturated rings. The molecule has 6 aliphatic rings. The van der Waals surface area contributed by atoms with E-state index in [1.807, 2.05) is 20.8 Å². The van der Waals surface area contributed by atoms with E-state index in [-0.39, 0.29) is 52.8 Å². The molecule has 12 nitrogen and oxygen atoms in total. The van der Waals surface area contributed by atoms with Crippen molar-refractivity contribution in [2.45, 2.75) is 186 Å². The van der Waals surface area contributed by atoms with Gasteiger partial charge in [0.15, 0.2) is 12.6 Å². The van der Waals surface area contributed by atoms with Crippen LogP contribution in [0.2, 0.25) is 0 Å². The van der Waals surface area contributed by atoms with Gasteiger partial charge in [-0.25, -0.2) is 0 Å². The molecule has 6 rings (SSSR count). The number of hydrogen-bond donors (Lipinski definition) is 8. The number of ether oxygens (including phenoxy) is 4. The minimum absolute atomic E-state index is 0.00324. The van der Waals surface area contributed by atoms with Crippen molar-refractivity contribution in [3.05, 3.63) is 11.6 Å². The highest BCUT2D eigenvalue weighted by Gasteiger charge is 2.71. The molecule has 2 saturated heterocycles.